The number of hydrogen-bond donors (Lipinski definition) is 1. The van der Waals surface area contributed by atoms with Gasteiger partial charge in [-0.1, -0.05) is 6.07 Å². The maximum absolute atomic E-state index is 11.9. The molecule has 0 bridgehead atoms. The lowest BCUT2D eigenvalue weighted by Gasteiger charge is -2.26. The Labute approximate surface area is 151 Å². The van der Waals surface area contributed by atoms with Crippen LogP contribution >= 0.6 is 0 Å². The van der Waals surface area contributed by atoms with Gasteiger partial charge in [0.1, 0.15) is 11.9 Å². The molecule has 3 aromatic rings. The summed E-state index contributed by atoms with van der Waals surface area (Å²) < 4.78 is 7.57. The molecule has 1 unspecified atom stereocenters. The number of ether oxygens (including phenoxy) is 1. The van der Waals surface area contributed by atoms with Crippen LogP contribution in [0.5, 0.6) is 5.75 Å². The number of benzene rings is 2. The highest BCUT2D eigenvalue weighted by Gasteiger charge is 2.22. The second kappa shape index (κ2) is 6.52. The number of nitrogens with one attached hydrogen (secondary N) is 1. The number of amides is 1. The van der Waals surface area contributed by atoms with E-state index in [1.807, 2.05) is 36.4 Å². The molecule has 0 aliphatic heterocycles. The summed E-state index contributed by atoms with van der Waals surface area (Å²) in [5.74, 6) is 0.699. The Balaban J connectivity index is 1.66. The van der Waals surface area contributed by atoms with E-state index < -0.39 is 0 Å². The van der Waals surface area contributed by atoms with Crippen LogP contribution in [0, 0.1) is 11.3 Å². The Kier molecular flexibility index (Phi) is 4.05. The first-order chi connectivity index (χ1) is 12.7. The summed E-state index contributed by atoms with van der Waals surface area (Å²) in [5, 5.41) is 16.7. The van der Waals surface area contributed by atoms with Crippen LogP contribution in [0.1, 0.15) is 35.6 Å². The number of aryl methyl sites for hydroxylation is 1. The van der Waals surface area contributed by atoms with Gasteiger partial charge in [0.25, 0.3) is 0 Å². The second-order valence-electron chi connectivity index (χ2n) is 6.36. The van der Waals surface area contributed by atoms with Crippen molar-refractivity contribution in [3.8, 4) is 11.8 Å². The molecule has 2 aromatic carbocycles. The Morgan fingerprint density at radius 1 is 1.35 bits per heavy atom. The van der Waals surface area contributed by atoms with Gasteiger partial charge in [-0.2, -0.15) is 15.0 Å². The highest BCUT2D eigenvalue weighted by Crippen LogP contribution is 2.35. The van der Waals surface area contributed by atoms with Crippen LogP contribution in [0.3, 0.4) is 0 Å². The van der Waals surface area contributed by atoms with Crippen molar-refractivity contribution in [2.24, 2.45) is 0 Å². The molecule has 1 aliphatic carbocycles. The summed E-state index contributed by atoms with van der Waals surface area (Å²) in [5.41, 5.74) is 3.70. The first-order valence-corrected chi connectivity index (χ1v) is 8.59. The molecule has 0 spiro atoms. The minimum atomic E-state index is -0.288. The lowest BCUT2D eigenvalue weighted by Crippen LogP contribution is -2.25. The van der Waals surface area contributed by atoms with Gasteiger partial charge in [0.2, 0.25) is 0 Å². The molecule has 1 atom stereocenters. The number of hydrogen-bond acceptors (Lipinski definition) is 4. The number of carbonyl (C=O) groups is 1. The molecule has 6 heteroatoms. The Morgan fingerprint density at radius 2 is 2.23 bits per heavy atom. The monoisotopic (exact) mass is 346 g/mol. The Morgan fingerprint density at radius 3 is 3.04 bits per heavy atom. The number of carbonyl (C=O) groups excluding carboxylic acids is 1. The fourth-order valence-corrected chi connectivity index (χ4v) is 3.47. The molecule has 1 N–H and O–H groups in total. The molecule has 0 saturated heterocycles. The van der Waals surface area contributed by atoms with E-state index in [9.17, 15) is 4.79 Å². The van der Waals surface area contributed by atoms with Gasteiger partial charge in [-0.05, 0) is 54.7 Å². The van der Waals surface area contributed by atoms with Gasteiger partial charge < -0.3 is 10.1 Å². The second-order valence-corrected chi connectivity index (χ2v) is 6.36. The maximum atomic E-state index is 11.9. The van der Waals surface area contributed by atoms with Crippen LogP contribution in [-0.4, -0.2) is 22.9 Å². The van der Waals surface area contributed by atoms with E-state index >= 15 is 0 Å². The predicted octanol–water partition coefficient (Wildman–Crippen LogP) is 3.55. The van der Waals surface area contributed by atoms with Crippen molar-refractivity contribution in [2.75, 3.05) is 7.05 Å². The summed E-state index contributed by atoms with van der Waals surface area (Å²) >= 11 is 0. The fourth-order valence-electron chi connectivity index (χ4n) is 3.47. The van der Waals surface area contributed by atoms with E-state index in [-0.39, 0.29) is 12.1 Å². The minimum absolute atomic E-state index is 0.0553. The Hall–Kier alpha value is -3.33. The molecule has 6 nitrogen and oxygen atoms in total. The molecule has 1 aliphatic rings. The zero-order valence-electron chi connectivity index (χ0n) is 14.4. The lowest BCUT2D eigenvalue weighted by atomic mass is 9.88. The molecule has 0 radical (unpaired) electrons. The molecule has 130 valence electrons. The highest BCUT2D eigenvalue weighted by atomic mass is 16.5. The predicted molar refractivity (Wildman–Crippen MR) is 97.1 cm³/mol. The fraction of sp³-hybridized carbons (Fsp3) is 0.250. The number of nitriles is 1. The van der Waals surface area contributed by atoms with E-state index in [4.69, 9.17) is 10.00 Å². The first kappa shape index (κ1) is 16.2. The van der Waals surface area contributed by atoms with Crippen LogP contribution < -0.4 is 10.1 Å². The SMILES string of the molecule is CNC(=O)n1ncc2ccc(OC3CCCc4cc(C#N)ccc43)cc21. The van der Waals surface area contributed by atoms with E-state index in [2.05, 4.69) is 16.5 Å². The number of nitrogens with zero attached hydrogens (tertiary/aromatic N) is 3. The zero-order valence-corrected chi connectivity index (χ0v) is 14.4. The molecule has 0 fully saturated rings. The van der Waals surface area contributed by atoms with Gasteiger partial charge in [0.15, 0.2) is 0 Å². The van der Waals surface area contributed by atoms with Crippen molar-refractivity contribution in [3.63, 3.8) is 0 Å². The lowest BCUT2D eigenvalue weighted by molar-refractivity contribution is 0.183. The molecule has 1 amide bonds. The summed E-state index contributed by atoms with van der Waals surface area (Å²) in [7, 11) is 1.57. The molecule has 1 aromatic heterocycles. The van der Waals surface area contributed by atoms with Crippen molar-refractivity contribution in [3.05, 3.63) is 59.3 Å². The van der Waals surface area contributed by atoms with Crippen LogP contribution in [-0.2, 0) is 6.42 Å². The third-order valence-electron chi connectivity index (χ3n) is 4.76. The summed E-state index contributed by atoms with van der Waals surface area (Å²) in [6.07, 6.45) is 4.51. The van der Waals surface area contributed by atoms with Gasteiger partial charge >= 0.3 is 6.03 Å². The van der Waals surface area contributed by atoms with Crippen LogP contribution in [0.2, 0.25) is 0 Å². The highest BCUT2D eigenvalue weighted by molar-refractivity contribution is 5.90. The number of aromatic nitrogens is 2. The number of rotatable bonds is 2. The normalized spacial score (nSPS) is 15.9. The van der Waals surface area contributed by atoms with E-state index in [0.29, 0.717) is 16.8 Å². The van der Waals surface area contributed by atoms with Gasteiger partial charge in [0.05, 0.1) is 23.3 Å². The maximum Gasteiger partial charge on any atom is 0.342 e. The van der Waals surface area contributed by atoms with E-state index in [0.717, 1.165) is 30.2 Å². The quantitative estimate of drug-likeness (QED) is 0.769. The van der Waals surface area contributed by atoms with Crippen LogP contribution in [0.4, 0.5) is 4.79 Å². The van der Waals surface area contributed by atoms with Gasteiger partial charge in [-0.25, -0.2) is 4.79 Å². The van der Waals surface area contributed by atoms with Gasteiger partial charge in [-0.15, -0.1) is 0 Å². The largest absolute Gasteiger partial charge is 0.486 e. The van der Waals surface area contributed by atoms with Crippen LogP contribution in [0.15, 0.2) is 42.6 Å². The molecule has 4 rings (SSSR count). The molecule has 26 heavy (non-hydrogen) atoms. The van der Waals surface area contributed by atoms with E-state index in [1.54, 1.807) is 13.2 Å². The minimum Gasteiger partial charge on any atom is -0.486 e. The third-order valence-corrected chi connectivity index (χ3v) is 4.76. The summed E-state index contributed by atoms with van der Waals surface area (Å²) in [6, 6.07) is 13.3. The molecule has 0 saturated carbocycles. The first-order valence-electron chi connectivity index (χ1n) is 8.59. The summed E-state index contributed by atoms with van der Waals surface area (Å²) in [6.45, 7) is 0. The Bertz CT molecular complexity index is 1030. The molecule has 1 heterocycles. The standard InChI is InChI=1S/C20H18N4O2/c1-22-20(25)24-18-10-16(7-6-15(18)12-23-24)26-19-4-2-3-14-9-13(11-21)5-8-17(14)19/h5-10,12,19H,2-4H2,1H3,(H,22,25). The van der Waals surface area contributed by atoms with Crippen molar-refractivity contribution >= 4 is 16.9 Å². The average Bonchev–Trinajstić information content (AvgIpc) is 3.10. The van der Waals surface area contributed by atoms with Crippen molar-refractivity contribution in [2.45, 2.75) is 25.4 Å². The third kappa shape index (κ3) is 2.78. The zero-order chi connectivity index (χ0) is 18.1. The van der Waals surface area contributed by atoms with E-state index in [1.165, 1.54) is 10.2 Å². The van der Waals surface area contributed by atoms with Crippen molar-refractivity contribution in [1.29, 1.82) is 5.26 Å². The van der Waals surface area contributed by atoms with Gasteiger partial charge in [-0.3, -0.25) is 0 Å². The topological polar surface area (TPSA) is 79.9 Å². The van der Waals surface area contributed by atoms with Crippen LogP contribution in [0.25, 0.3) is 10.9 Å². The van der Waals surface area contributed by atoms with Gasteiger partial charge in [0, 0.05) is 18.5 Å². The molecular formula is C20H18N4O2. The van der Waals surface area contributed by atoms with Crippen molar-refractivity contribution in [1.82, 2.24) is 15.1 Å². The average molecular weight is 346 g/mol. The smallest absolute Gasteiger partial charge is 0.342 e. The number of fused-ring (bicyclic) bond motifs is 2. The van der Waals surface area contributed by atoms with Crippen molar-refractivity contribution < 1.29 is 9.53 Å². The summed E-state index contributed by atoms with van der Waals surface area (Å²) in [4.78, 5) is 11.9. The molecular weight excluding hydrogens is 328 g/mol.